The van der Waals surface area contributed by atoms with E-state index < -0.39 is 35.8 Å². The van der Waals surface area contributed by atoms with E-state index in [-0.39, 0.29) is 97.3 Å². The molecule has 2 fully saturated rings. The molecule has 2 aromatic heterocycles. The molecule has 22 heteroatoms. The SMILES string of the molecule is CN[C@@H](C)C(=O)N[C@H](C(=O)N1C[C@@H](NC(=O)COCCOCCOCCOCCn2cc(Nc3ncc(Cl)c(NCc4cc(F)ccc4F)n3)cn2)C[C@H]1C(=O)N[C@@H]1CCCc2ccccc21)C1CCCCC1. The summed E-state index contributed by atoms with van der Waals surface area (Å²) in [5, 5.41) is 22.7. The van der Waals surface area contributed by atoms with Crippen molar-refractivity contribution in [2.75, 3.05) is 77.1 Å². The van der Waals surface area contributed by atoms with Crippen LogP contribution in [0.1, 0.15) is 81.0 Å². The molecule has 19 nitrogen and oxygen atoms in total. The number of aromatic nitrogens is 4. The van der Waals surface area contributed by atoms with Crippen molar-refractivity contribution in [2.45, 2.75) is 108 Å². The Balaban J connectivity index is 0.775. The number of amides is 4. The van der Waals surface area contributed by atoms with E-state index in [1.807, 2.05) is 18.2 Å². The summed E-state index contributed by atoms with van der Waals surface area (Å²) in [6, 6.07) is 8.49. The molecule has 73 heavy (non-hydrogen) atoms. The van der Waals surface area contributed by atoms with Crippen molar-refractivity contribution in [3.63, 3.8) is 0 Å². The molecule has 4 amide bonds. The number of carbonyl (C=O) groups excluding carboxylic acids is 4. The van der Waals surface area contributed by atoms with Crippen LogP contribution in [0.2, 0.25) is 5.02 Å². The van der Waals surface area contributed by atoms with E-state index in [1.54, 1.807) is 35.9 Å². The molecular formula is C51H68ClF2N11O8. The van der Waals surface area contributed by atoms with Gasteiger partial charge in [0.15, 0.2) is 5.82 Å². The fourth-order valence-corrected chi connectivity index (χ4v) is 9.54. The molecule has 1 aliphatic heterocycles. The number of halogens is 3. The van der Waals surface area contributed by atoms with Crippen LogP contribution in [0.15, 0.2) is 61.1 Å². The maximum Gasteiger partial charge on any atom is 0.246 e. The third-order valence-electron chi connectivity index (χ3n) is 13.4. The van der Waals surface area contributed by atoms with E-state index in [9.17, 15) is 28.0 Å². The zero-order valence-corrected chi connectivity index (χ0v) is 42.3. The van der Waals surface area contributed by atoms with Crippen molar-refractivity contribution in [1.29, 1.82) is 0 Å². The summed E-state index contributed by atoms with van der Waals surface area (Å²) < 4.78 is 51.8. The Morgan fingerprint density at radius 3 is 2.38 bits per heavy atom. The van der Waals surface area contributed by atoms with Crippen molar-refractivity contribution in [1.82, 2.24) is 45.9 Å². The molecule has 2 aromatic carbocycles. The minimum Gasteiger partial charge on any atom is -0.377 e. The van der Waals surface area contributed by atoms with Crippen LogP contribution in [0.4, 0.5) is 26.2 Å². The highest BCUT2D eigenvalue weighted by Gasteiger charge is 2.45. The third kappa shape index (κ3) is 16.3. The molecule has 1 saturated heterocycles. The normalized spacial score (nSPS) is 18.6. The van der Waals surface area contributed by atoms with Gasteiger partial charge < -0.3 is 55.7 Å². The maximum atomic E-state index is 14.6. The van der Waals surface area contributed by atoms with Crippen LogP contribution in [-0.4, -0.2) is 139 Å². The van der Waals surface area contributed by atoms with Crippen LogP contribution >= 0.6 is 11.6 Å². The Morgan fingerprint density at radius 1 is 0.877 bits per heavy atom. The van der Waals surface area contributed by atoms with Crippen LogP contribution in [0, 0.1) is 17.6 Å². The summed E-state index contributed by atoms with van der Waals surface area (Å²) in [5.74, 6) is -1.91. The summed E-state index contributed by atoms with van der Waals surface area (Å²) in [5.41, 5.74) is 3.03. The van der Waals surface area contributed by atoms with Gasteiger partial charge in [-0.15, -0.1) is 0 Å². The molecule has 4 aromatic rings. The summed E-state index contributed by atoms with van der Waals surface area (Å²) in [4.78, 5) is 65.2. The molecule has 3 aliphatic rings. The number of benzene rings is 2. The first kappa shape index (κ1) is 54.9. The van der Waals surface area contributed by atoms with Gasteiger partial charge in [0, 0.05) is 30.9 Å². The number of aryl methyl sites for hydroxylation is 1. The lowest BCUT2D eigenvalue weighted by molar-refractivity contribution is -0.143. The standard InChI is InChI=1S/C51H68ClF2N11O8/c1-33(55-2)48(67)62-46(35-10-4-3-5-11-35)50(69)65-31-38(26-44(65)49(68)61-43-14-8-12-34-9-6-7-13-40(34)43)59-45(66)32-73-24-23-72-22-21-71-20-19-70-18-17-64-30-39(28-58-64)60-51-57-29-41(52)47(63-51)56-27-36-25-37(53)15-16-42(36)54/h6-7,9,13,15-16,25,28-30,33,35,38,43-44,46,55H,3-5,8,10-12,14,17-24,26-27,31-32H2,1-2H3,(H,59,66)(H,61,68)(H,62,67)(H2,56,57,60,63)/t33-,38-,43+,44-,46-/m0/s1. The number of likely N-dealkylation sites (N-methyl/N-ethyl adjacent to an activating group) is 1. The number of carbonyl (C=O) groups is 4. The number of likely N-dealkylation sites (tertiary alicyclic amines) is 1. The highest BCUT2D eigenvalue weighted by atomic mass is 35.5. The zero-order chi connectivity index (χ0) is 51.5. The van der Waals surface area contributed by atoms with Gasteiger partial charge in [0.1, 0.15) is 35.3 Å². The van der Waals surface area contributed by atoms with E-state index in [0.717, 1.165) is 75.1 Å². The van der Waals surface area contributed by atoms with Gasteiger partial charge in [-0.2, -0.15) is 10.1 Å². The number of nitrogens with one attached hydrogen (secondary N) is 6. The lowest BCUT2D eigenvalue weighted by Crippen LogP contribution is -2.58. The van der Waals surface area contributed by atoms with E-state index in [0.29, 0.717) is 45.3 Å². The molecule has 3 heterocycles. The van der Waals surface area contributed by atoms with Crippen molar-refractivity contribution in [3.05, 3.63) is 94.4 Å². The minimum atomic E-state index is -0.838. The molecule has 6 N–H and O–H groups in total. The topological polar surface area (TPSA) is 224 Å². The molecule has 7 rings (SSSR count). The van der Waals surface area contributed by atoms with Gasteiger partial charge in [-0.05, 0) is 87.7 Å². The Labute approximate surface area is 429 Å². The van der Waals surface area contributed by atoms with Gasteiger partial charge in [-0.3, -0.25) is 23.9 Å². The first-order valence-corrected chi connectivity index (χ1v) is 25.6. The molecule has 2 aliphatic carbocycles. The molecular weight excluding hydrogens is 968 g/mol. The monoisotopic (exact) mass is 1040 g/mol. The minimum absolute atomic E-state index is 0.0305. The fraction of sp³-hybridized carbons (Fsp3) is 0.549. The summed E-state index contributed by atoms with van der Waals surface area (Å²) >= 11 is 6.22. The lowest BCUT2D eigenvalue weighted by atomic mass is 9.83. The van der Waals surface area contributed by atoms with Gasteiger partial charge in [0.25, 0.3) is 0 Å². The molecule has 0 spiro atoms. The second-order valence-corrected chi connectivity index (χ2v) is 18.9. The predicted molar refractivity (Wildman–Crippen MR) is 269 cm³/mol. The second kappa shape index (κ2) is 28.0. The summed E-state index contributed by atoms with van der Waals surface area (Å²) in [6.07, 6.45) is 12.2. The maximum absolute atomic E-state index is 14.6. The van der Waals surface area contributed by atoms with E-state index in [1.165, 1.54) is 11.8 Å². The van der Waals surface area contributed by atoms with Crippen molar-refractivity contribution in [3.8, 4) is 0 Å². The Kier molecular flexibility index (Phi) is 21.1. The van der Waals surface area contributed by atoms with Crippen LogP contribution in [0.3, 0.4) is 0 Å². The molecule has 1 saturated carbocycles. The largest absolute Gasteiger partial charge is 0.377 e. The van der Waals surface area contributed by atoms with Crippen LogP contribution in [-0.2, 0) is 57.6 Å². The molecule has 396 valence electrons. The van der Waals surface area contributed by atoms with E-state index in [4.69, 9.17) is 30.5 Å². The second-order valence-electron chi connectivity index (χ2n) is 18.5. The first-order chi connectivity index (χ1) is 35.4. The van der Waals surface area contributed by atoms with Gasteiger partial charge in [-0.1, -0.05) is 55.1 Å². The van der Waals surface area contributed by atoms with Gasteiger partial charge in [-0.25, -0.2) is 13.8 Å². The summed E-state index contributed by atoms with van der Waals surface area (Å²) in [6.45, 7) is 4.25. The smallest absolute Gasteiger partial charge is 0.246 e. The summed E-state index contributed by atoms with van der Waals surface area (Å²) in [7, 11) is 1.69. The van der Waals surface area contributed by atoms with Crippen molar-refractivity contribution in [2.24, 2.45) is 5.92 Å². The highest BCUT2D eigenvalue weighted by Crippen LogP contribution is 2.32. The van der Waals surface area contributed by atoms with Gasteiger partial charge in [0.05, 0.1) is 83.0 Å². The average Bonchev–Trinajstić information content (AvgIpc) is 4.04. The number of ether oxygens (including phenoxy) is 4. The van der Waals surface area contributed by atoms with Gasteiger partial charge in [0.2, 0.25) is 29.6 Å². The van der Waals surface area contributed by atoms with Crippen molar-refractivity contribution >= 4 is 52.7 Å². The Bertz CT molecular complexity index is 2450. The number of hydrogen-bond acceptors (Lipinski definition) is 14. The van der Waals surface area contributed by atoms with Crippen molar-refractivity contribution < 1.29 is 46.9 Å². The van der Waals surface area contributed by atoms with Crippen LogP contribution in [0.5, 0.6) is 0 Å². The number of nitrogens with zero attached hydrogens (tertiary/aromatic N) is 5. The quantitative estimate of drug-likeness (QED) is 0.0434. The Hall–Kier alpha value is -5.84. The predicted octanol–water partition coefficient (Wildman–Crippen LogP) is 4.98. The number of fused-ring (bicyclic) bond motifs is 1. The van der Waals surface area contributed by atoms with Crippen LogP contribution < -0.4 is 31.9 Å². The third-order valence-corrected chi connectivity index (χ3v) is 13.6. The highest BCUT2D eigenvalue weighted by molar-refractivity contribution is 6.32. The lowest BCUT2D eigenvalue weighted by Gasteiger charge is -2.35. The molecule has 0 radical (unpaired) electrons. The first-order valence-electron chi connectivity index (χ1n) is 25.2. The number of hydrogen-bond donors (Lipinski definition) is 6. The Morgan fingerprint density at radius 2 is 1.62 bits per heavy atom. The van der Waals surface area contributed by atoms with Gasteiger partial charge >= 0.3 is 0 Å². The number of anilines is 3. The molecule has 0 bridgehead atoms. The zero-order valence-electron chi connectivity index (χ0n) is 41.5. The van der Waals surface area contributed by atoms with Crippen LogP contribution in [0.25, 0.3) is 0 Å². The molecule has 5 atom stereocenters. The van der Waals surface area contributed by atoms with E-state index >= 15 is 0 Å². The molecule has 0 unspecified atom stereocenters. The average molecular weight is 1040 g/mol. The number of rotatable bonds is 27. The fourth-order valence-electron chi connectivity index (χ4n) is 9.38. The van der Waals surface area contributed by atoms with E-state index in [2.05, 4.69) is 53.0 Å².